The van der Waals surface area contributed by atoms with Crippen LogP contribution < -0.4 is 3.53 Å². The van der Waals surface area contributed by atoms with Gasteiger partial charge in [-0.25, -0.2) is 0 Å². The molecule has 0 heterocycles. The molecular formula is C38H59GaN2O2. The zero-order valence-corrected chi connectivity index (χ0v) is 32.2. The predicted octanol–water partition coefficient (Wildman–Crippen LogP) is 10.1. The summed E-state index contributed by atoms with van der Waals surface area (Å²) in [7, 11) is 0. The molecule has 1 aliphatic carbocycles. The van der Waals surface area contributed by atoms with Gasteiger partial charge in [0.15, 0.2) is 0 Å². The standard InChI is InChI=1S/C36H54N2O2.2CH3.Ga/c1-33(2,3)25-17-23(31(39)27(19-25)35(7,8)9)21-37-29-15-13-14-16-30(29)38-22-24-18-26(34(4,5)6)20-28(32(24)40)36(10,11)12;;;/h17-22,29-30,39-40H,13-16H2,1-12H3;2*1H3;/q;;;+1/p-1/t29-,30-;;;/m1.../s1. The second-order valence-electron chi connectivity index (χ2n) is 17.0. The normalized spacial score (nSPS) is 18.9. The molecule has 0 saturated heterocycles. The third-order valence-corrected chi connectivity index (χ3v) is 9.95. The minimum atomic E-state index is -1.84. The Morgan fingerprint density at radius 1 is 0.651 bits per heavy atom. The van der Waals surface area contributed by atoms with E-state index in [1.165, 1.54) is 16.7 Å². The van der Waals surface area contributed by atoms with E-state index in [2.05, 4.69) is 125 Å². The molecule has 1 aliphatic rings. The number of nitrogens with zero attached hydrogens (tertiary/aromatic N) is 2. The van der Waals surface area contributed by atoms with Gasteiger partial charge < -0.3 is 0 Å². The second-order valence-corrected chi connectivity index (χ2v) is 21.9. The molecular weight excluding hydrogens is 586 g/mol. The molecule has 0 aliphatic heterocycles. The number of hydrogen-bond acceptors (Lipinski definition) is 4. The first-order valence-electron chi connectivity index (χ1n) is 16.4. The summed E-state index contributed by atoms with van der Waals surface area (Å²) in [5.41, 5.74) is 11.0. The number of aromatic hydroxyl groups is 1. The van der Waals surface area contributed by atoms with Crippen LogP contribution in [0.2, 0.25) is 11.0 Å². The fraction of sp³-hybridized carbons (Fsp3) is 0.632. The molecule has 2 aromatic carbocycles. The number of benzene rings is 2. The molecule has 2 atom stereocenters. The van der Waals surface area contributed by atoms with Gasteiger partial charge in [0.2, 0.25) is 0 Å². The van der Waals surface area contributed by atoms with Crippen molar-refractivity contribution in [2.24, 2.45) is 9.98 Å². The van der Waals surface area contributed by atoms with E-state index in [1.807, 2.05) is 6.21 Å². The number of phenolic OH excluding ortho intramolecular Hbond substituents is 1. The first-order chi connectivity index (χ1) is 19.6. The van der Waals surface area contributed by atoms with Crippen LogP contribution in [-0.4, -0.2) is 46.2 Å². The van der Waals surface area contributed by atoms with E-state index in [4.69, 9.17) is 13.5 Å². The monoisotopic (exact) mass is 644 g/mol. The van der Waals surface area contributed by atoms with Gasteiger partial charge >= 0.3 is 212 Å². The van der Waals surface area contributed by atoms with Gasteiger partial charge in [-0.3, -0.25) is 0 Å². The number of hydrogen-bond donors (Lipinski definition) is 1. The average Bonchev–Trinajstić information content (AvgIpc) is 2.84. The Bertz CT molecular complexity index is 1330. The quantitative estimate of drug-likeness (QED) is 0.251. The van der Waals surface area contributed by atoms with Crippen molar-refractivity contribution in [3.63, 3.8) is 0 Å². The summed E-state index contributed by atoms with van der Waals surface area (Å²) in [6.07, 6.45) is 8.33. The molecule has 5 heteroatoms. The Morgan fingerprint density at radius 3 is 1.49 bits per heavy atom. The molecule has 0 spiro atoms. The van der Waals surface area contributed by atoms with E-state index >= 15 is 0 Å². The fourth-order valence-corrected chi connectivity index (χ4v) is 7.20. The molecule has 2 aromatic rings. The molecule has 236 valence electrons. The van der Waals surface area contributed by atoms with Crippen molar-refractivity contribution in [2.45, 2.75) is 153 Å². The molecule has 4 nitrogen and oxygen atoms in total. The summed E-state index contributed by atoms with van der Waals surface area (Å²) in [4.78, 5) is 10.4. The van der Waals surface area contributed by atoms with E-state index in [9.17, 15) is 5.11 Å². The van der Waals surface area contributed by atoms with Crippen LogP contribution in [0.1, 0.15) is 142 Å². The van der Waals surface area contributed by atoms with Crippen LogP contribution in [0.5, 0.6) is 11.5 Å². The van der Waals surface area contributed by atoms with Crippen LogP contribution >= 0.6 is 0 Å². The molecule has 1 saturated carbocycles. The van der Waals surface area contributed by atoms with Gasteiger partial charge in [0.05, 0.1) is 0 Å². The summed E-state index contributed by atoms with van der Waals surface area (Å²) in [6.45, 7) is 26.8. The van der Waals surface area contributed by atoms with Crippen molar-refractivity contribution >= 4 is 29.0 Å². The average molecular weight is 646 g/mol. The molecule has 1 N–H and O–H groups in total. The van der Waals surface area contributed by atoms with Crippen LogP contribution in [0.3, 0.4) is 0 Å². The molecule has 1 fully saturated rings. The maximum atomic E-state index is 11.3. The van der Waals surface area contributed by atoms with Gasteiger partial charge in [-0.2, -0.15) is 0 Å². The van der Waals surface area contributed by atoms with Gasteiger partial charge in [0.1, 0.15) is 0 Å². The topological polar surface area (TPSA) is 54.2 Å². The Kier molecular flexibility index (Phi) is 10.9. The van der Waals surface area contributed by atoms with Gasteiger partial charge in [-0.1, -0.05) is 47.6 Å². The number of phenols is 1. The van der Waals surface area contributed by atoms with Crippen LogP contribution in [0.15, 0.2) is 34.3 Å². The third-order valence-electron chi connectivity index (χ3n) is 8.46. The molecule has 0 bridgehead atoms. The van der Waals surface area contributed by atoms with Gasteiger partial charge in [0.25, 0.3) is 0 Å². The summed E-state index contributed by atoms with van der Waals surface area (Å²) >= 11 is -1.84. The van der Waals surface area contributed by atoms with Crippen LogP contribution in [0, 0.1) is 0 Å². The Labute approximate surface area is 269 Å². The van der Waals surface area contributed by atoms with Crippen LogP contribution in [-0.2, 0) is 21.7 Å². The number of rotatable bonds is 6. The predicted molar refractivity (Wildman–Crippen MR) is 189 cm³/mol. The van der Waals surface area contributed by atoms with Gasteiger partial charge in [-0.05, 0) is 10.8 Å². The van der Waals surface area contributed by atoms with Crippen LogP contribution in [0.4, 0.5) is 0 Å². The zero-order valence-electron chi connectivity index (χ0n) is 29.8. The van der Waals surface area contributed by atoms with E-state index < -0.39 is 16.6 Å². The molecule has 0 radical (unpaired) electrons. The van der Waals surface area contributed by atoms with E-state index in [-0.39, 0.29) is 33.7 Å². The molecule has 43 heavy (non-hydrogen) atoms. The number of aliphatic imine (C=N–C) groups is 2. The van der Waals surface area contributed by atoms with Gasteiger partial charge in [-0.15, -0.1) is 0 Å². The SMILES string of the molecule is [CH3][Ga]([CH3])[O]c1c(C=N[C@@H]2CCCC[C@H]2N=Cc2cc(C(C)(C)C)cc(C(C)(C)C)c2O)cc(C(C)(C)C)cc1C(C)(C)C. The summed E-state index contributed by atoms with van der Waals surface area (Å²) in [6, 6.07) is 9.12. The summed E-state index contributed by atoms with van der Waals surface area (Å²) in [5.74, 6) is 1.36. The first-order valence-corrected chi connectivity index (χ1v) is 22.2. The first kappa shape index (κ1) is 35.5. The van der Waals surface area contributed by atoms with Crippen molar-refractivity contribution in [3.05, 3.63) is 57.6 Å². The minimum absolute atomic E-state index is 0.0214. The van der Waals surface area contributed by atoms with Crippen molar-refractivity contribution in [1.82, 2.24) is 0 Å². The van der Waals surface area contributed by atoms with Crippen molar-refractivity contribution in [1.29, 1.82) is 0 Å². The van der Waals surface area contributed by atoms with E-state index in [0.29, 0.717) is 5.75 Å². The van der Waals surface area contributed by atoms with E-state index in [1.54, 1.807) is 0 Å². The summed E-state index contributed by atoms with van der Waals surface area (Å²) < 4.78 is 6.67. The Morgan fingerprint density at radius 2 is 1.07 bits per heavy atom. The Hall–Kier alpha value is -1.98. The molecule has 3 rings (SSSR count). The second kappa shape index (κ2) is 13.2. The molecule has 0 amide bonds. The van der Waals surface area contributed by atoms with Crippen molar-refractivity contribution in [2.75, 3.05) is 0 Å². The molecule has 0 unspecified atom stereocenters. The van der Waals surface area contributed by atoms with Crippen LogP contribution in [0.25, 0.3) is 0 Å². The van der Waals surface area contributed by atoms with Crippen molar-refractivity contribution in [3.8, 4) is 11.5 Å². The van der Waals surface area contributed by atoms with Crippen molar-refractivity contribution < 1.29 is 8.64 Å². The third kappa shape index (κ3) is 9.26. The summed E-state index contributed by atoms with van der Waals surface area (Å²) in [5, 5.41) is 11.3. The maximum absolute atomic E-state index is 11.3. The molecule has 0 aromatic heterocycles. The fourth-order valence-electron chi connectivity index (χ4n) is 5.66. The Balaban J connectivity index is 2.06. The zero-order chi connectivity index (χ0) is 32.5. The van der Waals surface area contributed by atoms with Gasteiger partial charge in [0, 0.05) is 0 Å². The van der Waals surface area contributed by atoms with E-state index in [0.717, 1.165) is 48.1 Å².